The number of hydrogen-bond donors (Lipinski definition) is 2. The van der Waals surface area contributed by atoms with Crippen LogP contribution in [0.1, 0.15) is 23.2 Å². The van der Waals surface area contributed by atoms with E-state index in [-0.39, 0.29) is 24.7 Å². The average Bonchev–Trinajstić information content (AvgIpc) is 2.38. The van der Waals surface area contributed by atoms with Crippen molar-refractivity contribution in [2.24, 2.45) is 5.14 Å². The van der Waals surface area contributed by atoms with E-state index in [9.17, 15) is 17.6 Å². The van der Waals surface area contributed by atoms with Crippen molar-refractivity contribution in [3.05, 3.63) is 35.6 Å². The lowest BCUT2D eigenvalue weighted by atomic mass is 10.1. The topological polar surface area (TPSA) is 92.5 Å². The van der Waals surface area contributed by atoms with Gasteiger partial charge in [0.1, 0.15) is 5.82 Å². The lowest BCUT2D eigenvalue weighted by molar-refractivity contribution is 0.0920. The second kappa shape index (κ2) is 5.86. The molecule has 3 N–H and O–H groups in total. The van der Waals surface area contributed by atoms with E-state index in [1.54, 1.807) is 6.07 Å². The third kappa shape index (κ3) is 3.53. The molecule has 0 aliphatic carbocycles. The molecule has 8 heteroatoms. The lowest BCUT2D eigenvalue weighted by Crippen LogP contribution is -2.48. The molecule has 0 spiro atoms. The summed E-state index contributed by atoms with van der Waals surface area (Å²) in [6.07, 6.45) is 0.910. The maximum absolute atomic E-state index is 13.4. The van der Waals surface area contributed by atoms with Gasteiger partial charge in [0, 0.05) is 19.1 Å². The molecule has 1 aromatic rings. The van der Waals surface area contributed by atoms with E-state index in [4.69, 9.17) is 5.14 Å². The predicted octanol–water partition coefficient (Wildman–Crippen LogP) is 0.223. The summed E-state index contributed by atoms with van der Waals surface area (Å²) < 4.78 is 36.9. The van der Waals surface area contributed by atoms with Crippen LogP contribution in [-0.2, 0) is 10.2 Å². The number of nitrogens with one attached hydrogen (secondary N) is 1. The van der Waals surface area contributed by atoms with Crippen molar-refractivity contribution in [1.29, 1.82) is 0 Å². The third-order valence-electron chi connectivity index (χ3n) is 3.27. The summed E-state index contributed by atoms with van der Waals surface area (Å²) in [7, 11) is -3.68. The van der Waals surface area contributed by atoms with Gasteiger partial charge in [-0.15, -0.1) is 0 Å². The monoisotopic (exact) mass is 301 g/mol. The summed E-state index contributed by atoms with van der Waals surface area (Å²) in [4.78, 5) is 11.9. The number of rotatable bonds is 3. The minimum Gasteiger partial charge on any atom is -0.349 e. The molecule has 0 bridgehead atoms. The number of nitrogens with two attached hydrogens (primary N) is 1. The zero-order valence-electron chi connectivity index (χ0n) is 10.8. The van der Waals surface area contributed by atoms with Gasteiger partial charge in [-0.3, -0.25) is 4.79 Å². The molecule has 1 aliphatic heterocycles. The Balaban J connectivity index is 1.93. The number of nitrogens with zero attached hydrogens (tertiary/aromatic N) is 1. The van der Waals surface area contributed by atoms with Gasteiger partial charge in [-0.2, -0.15) is 12.7 Å². The van der Waals surface area contributed by atoms with Crippen LogP contribution in [-0.4, -0.2) is 37.8 Å². The molecule has 2 rings (SSSR count). The van der Waals surface area contributed by atoms with Crippen molar-refractivity contribution in [3.8, 4) is 0 Å². The van der Waals surface area contributed by atoms with Crippen molar-refractivity contribution < 1.29 is 17.6 Å². The van der Waals surface area contributed by atoms with Crippen LogP contribution in [0.25, 0.3) is 0 Å². The zero-order valence-corrected chi connectivity index (χ0v) is 11.6. The van der Waals surface area contributed by atoms with Crippen LogP contribution in [0.5, 0.6) is 0 Å². The minimum atomic E-state index is -3.68. The number of benzene rings is 1. The highest BCUT2D eigenvalue weighted by molar-refractivity contribution is 7.86. The van der Waals surface area contributed by atoms with E-state index >= 15 is 0 Å². The number of amides is 1. The lowest BCUT2D eigenvalue weighted by Gasteiger charge is -2.30. The highest BCUT2D eigenvalue weighted by atomic mass is 32.2. The fraction of sp³-hybridized carbons (Fsp3) is 0.417. The molecule has 0 atom stereocenters. The van der Waals surface area contributed by atoms with Crippen molar-refractivity contribution in [2.75, 3.05) is 13.1 Å². The molecule has 1 aromatic carbocycles. The Labute approximate surface area is 116 Å². The number of carbonyl (C=O) groups is 1. The predicted molar refractivity (Wildman–Crippen MR) is 71.6 cm³/mol. The van der Waals surface area contributed by atoms with Gasteiger partial charge < -0.3 is 5.32 Å². The Hall–Kier alpha value is -1.51. The zero-order chi connectivity index (χ0) is 14.8. The normalized spacial score (nSPS) is 17.9. The number of hydrogen-bond acceptors (Lipinski definition) is 3. The van der Waals surface area contributed by atoms with Gasteiger partial charge in [-0.25, -0.2) is 9.53 Å². The molecule has 1 fully saturated rings. The van der Waals surface area contributed by atoms with E-state index in [0.717, 1.165) is 0 Å². The summed E-state index contributed by atoms with van der Waals surface area (Å²) in [5, 5.41) is 7.74. The molecule has 0 saturated carbocycles. The number of piperidine rings is 1. The van der Waals surface area contributed by atoms with Crippen molar-refractivity contribution in [2.45, 2.75) is 18.9 Å². The van der Waals surface area contributed by atoms with E-state index in [0.29, 0.717) is 12.8 Å². The molecule has 6 nitrogen and oxygen atoms in total. The third-order valence-corrected chi connectivity index (χ3v) is 4.35. The quantitative estimate of drug-likeness (QED) is 0.836. The molecule has 0 radical (unpaired) electrons. The van der Waals surface area contributed by atoms with Crippen molar-refractivity contribution in [1.82, 2.24) is 9.62 Å². The fourth-order valence-corrected chi connectivity index (χ4v) is 2.88. The number of halogens is 1. The first-order valence-corrected chi connectivity index (χ1v) is 7.71. The van der Waals surface area contributed by atoms with Crippen LogP contribution in [0.4, 0.5) is 4.39 Å². The SMILES string of the molecule is NS(=O)(=O)N1CCC(NC(=O)c2ccccc2F)CC1. The van der Waals surface area contributed by atoms with Crippen molar-refractivity contribution in [3.63, 3.8) is 0 Å². The van der Waals surface area contributed by atoms with Crippen LogP contribution in [0.15, 0.2) is 24.3 Å². The van der Waals surface area contributed by atoms with Gasteiger partial charge in [0.15, 0.2) is 0 Å². The van der Waals surface area contributed by atoms with Gasteiger partial charge in [-0.1, -0.05) is 12.1 Å². The fourth-order valence-electron chi connectivity index (χ4n) is 2.16. The maximum Gasteiger partial charge on any atom is 0.276 e. The van der Waals surface area contributed by atoms with E-state index in [1.165, 1.54) is 22.5 Å². The summed E-state index contributed by atoms with van der Waals surface area (Å²) in [6.45, 7) is 0.502. The molecule has 1 amide bonds. The Kier molecular flexibility index (Phi) is 4.36. The van der Waals surface area contributed by atoms with Crippen LogP contribution < -0.4 is 10.5 Å². The van der Waals surface area contributed by atoms with Crippen molar-refractivity contribution >= 4 is 16.1 Å². The van der Waals surface area contributed by atoms with Gasteiger partial charge in [-0.05, 0) is 25.0 Å². The maximum atomic E-state index is 13.4. The summed E-state index contributed by atoms with van der Waals surface area (Å²) in [5.41, 5.74) is -0.0126. The molecule has 1 aliphatic rings. The first-order valence-electron chi connectivity index (χ1n) is 6.21. The second-order valence-corrected chi connectivity index (χ2v) is 6.22. The Morgan fingerprint density at radius 3 is 2.45 bits per heavy atom. The highest BCUT2D eigenvalue weighted by Gasteiger charge is 2.26. The molecule has 110 valence electrons. The van der Waals surface area contributed by atoms with E-state index < -0.39 is 21.9 Å². The second-order valence-electron chi connectivity index (χ2n) is 4.67. The van der Waals surface area contributed by atoms with Crippen LogP contribution in [0.2, 0.25) is 0 Å². The Bertz CT molecular complexity index is 598. The summed E-state index contributed by atoms with van der Waals surface area (Å²) in [5.74, 6) is -1.07. The molecular weight excluding hydrogens is 285 g/mol. The smallest absolute Gasteiger partial charge is 0.276 e. The largest absolute Gasteiger partial charge is 0.349 e. The number of carbonyl (C=O) groups excluding carboxylic acids is 1. The molecule has 1 heterocycles. The standard InChI is InChI=1S/C12H16FN3O3S/c13-11-4-2-1-3-10(11)12(17)15-9-5-7-16(8-6-9)20(14,18)19/h1-4,9H,5-8H2,(H,15,17)(H2,14,18,19). The van der Waals surface area contributed by atoms with Gasteiger partial charge in [0.05, 0.1) is 5.56 Å². The van der Waals surface area contributed by atoms with E-state index in [2.05, 4.69) is 5.32 Å². The summed E-state index contributed by atoms with van der Waals surface area (Å²) in [6, 6.07) is 5.54. The first kappa shape index (κ1) is 14.9. The molecule has 1 saturated heterocycles. The highest BCUT2D eigenvalue weighted by Crippen LogP contribution is 2.13. The molecule has 0 unspecified atom stereocenters. The summed E-state index contributed by atoms with van der Waals surface area (Å²) >= 11 is 0. The van der Waals surface area contributed by atoms with E-state index in [1.807, 2.05) is 0 Å². The van der Waals surface area contributed by atoms with Gasteiger partial charge in [0.25, 0.3) is 16.1 Å². The molecule has 0 aromatic heterocycles. The minimum absolute atomic E-state index is 0.0126. The van der Waals surface area contributed by atoms with Crippen LogP contribution in [0, 0.1) is 5.82 Å². The molecule has 20 heavy (non-hydrogen) atoms. The van der Waals surface area contributed by atoms with Gasteiger partial charge >= 0.3 is 0 Å². The molecular formula is C12H16FN3O3S. The first-order chi connectivity index (χ1) is 9.38. The van der Waals surface area contributed by atoms with Crippen LogP contribution >= 0.6 is 0 Å². The van der Waals surface area contributed by atoms with Gasteiger partial charge in [0.2, 0.25) is 0 Å². The Morgan fingerprint density at radius 2 is 1.90 bits per heavy atom. The van der Waals surface area contributed by atoms with Crippen LogP contribution in [0.3, 0.4) is 0 Å². The average molecular weight is 301 g/mol. The Morgan fingerprint density at radius 1 is 1.30 bits per heavy atom.